The van der Waals surface area contributed by atoms with Gasteiger partial charge in [-0.05, 0) is 36.4 Å². The van der Waals surface area contributed by atoms with E-state index < -0.39 is 17.6 Å². The van der Waals surface area contributed by atoms with E-state index in [2.05, 4.69) is 5.32 Å². The van der Waals surface area contributed by atoms with Crippen molar-refractivity contribution in [3.05, 3.63) is 88.2 Å². The van der Waals surface area contributed by atoms with Crippen molar-refractivity contribution in [3.8, 4) is 0 Å². The quantitative estimate of drug-likeness (QED) is 0.769. The van der Waals surface area contributed by atoms with Crippen molar-refractivity contribution in [1.82, 2.24) is 4.57 Å². The monoisotopic (exact) mass is 362 g/mol. The Balaban J connectivity index is 1.73. The molecule has 2 heterocycles. The van der Waals surface area contributed by atoms with Gasteiger partial charge in [-0.2, -0.15) is 13.2 Å². The summed E-state index contributed by atoms with van der Waals surface area (Å²) in [4.78, 5) is 23.8. The highest BCUT2D eigenvalue weighted by Crippen LogP contribution is 2.30. The number of nitrogens with one attached hydrogen (secondary N) is 1. The lowest BCUT2D eigenvalue weighted by molar-refractivity contribution is -0.137. The maximum Gasteiger partial charge on any atom is 0.416 e. The molecule has 3 aromatic rings. The summed E-state index contributed by atoms with van der Waals surface area (Å²) in [5, 5.41) is 2.36. The first-order chi connectivity index (χ1) is 12.3. The fraction of sp³-hybridized carbons (Fsp3) is 0.111. The van der Waals surface area contributed by atoms with Crippen LogP contribution in [0.25, 0.3) is 0 Å². The number of rotatable bonds is 4. The van der Waals surface area contributed by atoms with Crippen LogP contribution >= 0.6 is 0 Å². The lowest BCUT2D eigenvalue weighted by Crippen LogP contribution is -2.18. The molecule has 0 fully saturated rings. The van der Waals surface area contributed by atoms with Crippen LogP contribution in [0.2, 0.25) is 0 Å². The van der Waals surface area contributed by atoms with Crippen molar-refractivity contribution in [2.45, 2.75) is 12.7 Å². The van der Waals surface area contributed by atoms with Gasteiger partial charge in [0.25, 0.3) is 11.5 Å². The molecule has 0 saturated heterocycles. The van der Waals surface area contributed by atoms with Gasteiger partial charge in [-0.1, -0.05) is 12.1 Å². The van der Waals surface area contributed by atoms with Crippen LogP contribution in [-0.4, -0.2) is 10.5 Å². The van der Waals surface area contributed by atoms with Crippen LogP contribution in [-0.2, 0) is 12.7 Å². The second-order valence-corrected chi connectivity index (χ2v) is 5.47. The second kappa shape index (κ2) is 6.91. The zero-order chi connectivity index (χ0) is 18.7. The molecule has 0 atom stereocenters. The number of pyridine rings is 1. The minimum atomic E-state index is -4.50. The van der Waals surface area contributed by atoms with E-state index in [9.17, 15) is 22.8 Å². The van der Waals surface area contributed by atoms with Crippen LogP contribution in [0, 0.1) is 0 Å². The van der Waals surface area contributed by atoms with Crippen LogP contribution in [0.1, 0.15) is 21.9 Å². The first kappa shape index (κ1) is 17.5. The van der Waals surface area contributed by atoms with Gasteiger partial charge in [-0.3, -0.25) is 9.59 Å². The maximum atomic E-state index is 12.7. The molecule has 3 rings (SSSR count). The molecular formula is C18H13F3N2O3. The number of amides is 1. The van der Waals surface area contributed by atoms with E-state index in [1.54, 1.807) is 18.3 Å². The standard InChI is InChI=1S/C18H13F3N2O3/c19-18(20,21)12-4-3-5-13(10-12)22-17(25)15-8-7-14(26-15)11-23-9-2-1-6-16(23)24/h1-10H,11H2,(H,22,25). The second-order valence-electron chi connectivity index (χ2n) is 5.47. The number of halogens is 3. The van der Waals surface area contributed by atoms with Gasteiger partial charge in [0.05, 0.1) is 12.1 Å². The molecule has 0 bridgehead atoms. The van der Waals surface area contributed by atoms with Crippen LogP contribution in [0.4, 0.5) is 18.9 Å². The number of benzene rings is 1. The number of aromatic nitrogens is 1. The van der Waals surface area contributed by atoms with E-state index in [0.29, 0.717) is 5.76 Å². The Labute approximate surface area is 145 Å². The Morgan fingerprint density at radius 2 is 1.88 bits per heavy atom. The summed E-state index contributed by atoms with van der Waals surface area (Å²) < 4.78 is 44.9. The molecule has 5 nitrogen and oxygen atoms in total. The Morgan fingerprint density at radius 1 is 1.08 bits per heavy atom. The lowest BCUT2D eigenvalue weighted by Gasteiger charge is -2.09. The van der Waals surface area contributed by atoms with Crippen molar-refractivity contribution in [3.63, 3.8) is 0 Å². The zero-order valence-corrected chi connectivity index (χ0v) is 13.3. The summed E-state index contributed by atoms with van der Waals surface area (Å²) >= 11 is 0. The Hall–Kier alpha value is -3.29. The topological polar surface area (TPSA) is 64.2 Å². The van der Waals surface area contributed by atoms with Crippen molar-refractivity contribution in [2.24, 2.45) is 0 Å². The Bertz CT molecular complexity index is 989. The average Bonchev–Trinajstić information content (AvgIpc) is 3.05. The zero-order valence-electron chi connectivity index (χ0n) is 13.3. The Kier molecular flexibility index (Phi) is 4.66. The van der Waals surface area contributed by atoms with Crippen molar-refractivity contribution in [2.75, 3.05) is 5.32 Å². The van der Waals surface area contributed by atoms with Gasteiger partial charge in [-0.15, -0.1) is 0 Å². The fourth-order valence-corrected chi connectivity index (χ4v) is 2.31. The third-order valence-corrected chi connectivity index (χ3v) is 3.56. The SMILES string of the molecule is O=C(Nc1cccc(C(F)(F)F)c1)c1ccc(Cn2ccccc2=O)o1. The molecule has 134 valence electrons. The molecule has 0 spiro atoms. The third-order valence-electron chi connectivity index (χ3n) is 3.56. The van der Waals surface area contributed by atoms with Gasteiger partial charge < -0.3 is 14.3 Å². The van der Waals surface area contributed by atoms with Gasteiger partial charge in [0.1, 0.15) is 5.76 Å². The van der Waals surface area contributed by atoms with Gasteiger partial charge in [0.2, 0.25) is 0 Å². The van der Waals surface area contributed by atoms with E-state index in [0.717, 1.165) is 12.1 Å². The fourth-order valence-electron chi connectivity index (χ4n) is 2.31. The number of carbonyl (C=O) groups excluding carboxylic acids is 1. The third kappa shape index (κ3) is 4.02. The molecule has 8 heteroatoms. The lowest BCUT2D eigenvalue weighted by atomic mass is 10.2. The van der Waals surface area contributed by atoms with E-state index in [1.807, 2.05) is 0 Å². The number of hydrogen-bond donors (Lipinski definition) is 1. The molecule has 0 unspecified atom stereocenters. The summed E-state index contributed by atoms with van der Waals surface area (Å²) in [6.07, 6.45) is -2.92. The van der Waals surface area contributed by atoms with E-state index in [4.69, 9.17) is 4.42 Å². The van der Waals surface area contributed by atoms with E-state index in [1.165, 1.54) is 34.9 Å². The van der Waals surface area contributed by atoms with Gasteiger partial charge in [0, 0.05) is 18.0 Å². The predicted octanol–water partition coefficient (Wildman–Crippen LogP) is 3.76. The predicted molar refractivity (Wildman–Crippen MR) is 87.9 cm³/mol. The van der Waals surface area contributed by atoms with Crippen LogP contribution in [0.5, 0.6) is 0 Å². The largest absolute Gasteiger partial charge is 0.454 e. The number of hydrogen-bond acceptors (Lipinski definition) is 3. The van der Waals surface area contributed by atoms with Crippen LogP contribution < -0.4 is 10.9 Å². The molecule has 0 saturated carbocycles. The van der Waals surface area contributed by atoms with Gasteiger partial charge in [0.15, 0.2) is 5.76 Å². The highest BCUT2D eigenvalue weighted by molar-refractivity contribution is 6.02. The maximum absolute atomic E-state index is 12.7. The van der Waals surface area contributed by atoms with E-state index >= 15 is 0 Å². The van der Waals surface area contributed by atoms with Crippen LogP contribution in [0.3, 0.4) is 0 Å². The van der Waals surface area contributed by atoms with Gasteiger partial charge in [-0.25, -0.2) is 0 Å². The molecule has 1 amide bonds. The summed E-state index contributed by atoms with van der Waals surface area (Å²) in [5.74, 6) is -0.384. The summed E-state index contributed by atoms with van der Waals surface area (Å²) in [7, 11) is 0. The van der Waals surface area contributed by atoms with Crippen molar-refractivity contribution < 1.29 is 22.4 Å². The summed E-state index contributed by atoms with van der Waals surface area (Å²) in [5.41, 5.74) is -1.08. The normalized spacial score (nSPS) is 11.3. The first-order valence-electron chi connectivity index (χ1n) is 7.56. The number of furan rings is 1. The minimum absolute atomic E-state index is 0.00190. The highest BCUT2D eigenvalue weighted by atomic mass is 19.4. The van der Waals surface area contributed by atoms with Crippen molar-refractivity contribution in [1.29, 1.82) is 0 Å². The molecule has 0 radical (unpaired) electrons. The molecule has 0 aliphatic heterocycles. The molecule has 2 aromatic heterocycles. The number of anilines is 1. The van der Waals surface area contributed by atoms with E-state index in [-0.39, 0.29) is 23.6 Å². The molecule has 0 aliphatic carbocycles. The highest BCUT2D eigenvalue weighted by Gasteiger charge is 2.30. The molecular weight excluding hydrogens is 349 g/mol. The summed E-state index contributed by atoms with van der Waals surface area (Å²) in [6, 6.07) is 11.9. The average molecular weight is 362 g/mol. The number of carbonyl (C=O) groups is 1. The van der Waals surface area contributed by atoms with Gasteiger partial charge >= 0.3 is 6.18 Å². The number of nitrogens with zero attached hydrogens (tertiary/aromatic N) is 1. The van der Waals surface area contributed by atoms with Crippen LogP contribution in [0.15, 0.2) is 70.0 Å². The molecule has 26 heavy (non-hydrogen) atoms. The molecule has 1 aromatic carbocycles. The van der Waals surface area contributed by atoms with Crippen molar-refractivity contribution >= 4 is 11.6 Å². The minimum Gasteiger partial charge on any atom is -0.454 e. The number of alkyl halides is 3. The molecule has 0 aliphatic rings. The molecule has 1 N–H and O–H groups in total. The Morgan fingerprint density at radius 3 is 2.62 bits per heavy atom. The smallest absolute Gasteiger partial charge is 0.416 e. The summed E-state index contributed by atoms with van der Waals surface area (Å²) in [6.45, 7) is 0.135. The first-order valence-corrected chi connectivity index (χ1v) is 7.56.